The molecular weight excluding hydrogens is 515 g/mol. The van der Waals surface area contributed by atoms with Gasteiger partial charge < -0.3 is 24.8 Å². The second-order valence-electron chi connectivity index (χ2n) is 8.06. The fourth-order valence-corrected chi connectivity index (χ4v) is 4.22. The fourth-order valence-electron chi connectivity index (χ4n) is 4.22. The van der Waals surface area contributed by atoms with Crippen molar-refractivity contribution < 1.29 is 4.74 Å². The van der Waals surface area contributed by atoms with E-state index in [1.165, 1.54) is 18.5 Å². The van der Waals surface area contributed by atoms with Crippen molar-refractivity contribution in [2.24, 2.45) is 4.99 Å². The van der Waals surface area contributed by atoms with Crippen LogP contribution < -0.4 is 19.9 Å². The highest BCUT2D eigenvalue weighted by Gasteiger charge is 2.20. The van der Waals surface area contributed by atoms with E-state index < -0.39 is 0 Å². The van der Waals surface area contributed by atoms with Crippen molar-refractivity contribution in [3.8, 4) is 5.75 Å². The van der Waals surface area contributed by atoms with E-state index in [1.54, 1.807) is 7.11 Å². The summed E-state index contributed by atoms with van der Waals surface area (Å²) in [5.41, 5.74) is 2.36. The summed E-state index contributed by atoms with van der Waals surface area (Å²) in [7, 11) is 1.71. The molecule has 0 spiro atoms. The number of piperazine rings is 1. The average molecular weight is 550 g/mol. The molecule has 1 N–H and O–H groups in total. The van der Waals surface area contributed by atoms with E-state index in [4.69, 9.17) is 9.73 Å². The first-order valence-corrected chi connectivity index (χ1v) is 11.4. The van der Waals surface area contributed by atoms with Crippen molar-refractivity contribution in [1.29, 1.82) is 0 Å². The second kappa shape index (κ2) is 12.1. The number of anilines is 2. The summed E-state index contributed by atoms with van der Waals surface area (Å²) in [6.07, 6.45) is 4.51. The summed E-state index contributed by atoms with van der Waals surface area (Å²) in [5.74, 6) is 2.97. The number of ether oxygens (including phenoxy) is 1. The molecule has 1 aromatic heterocycles. The number of benzene rings is 1. The number of hydrogen-bond donors (Lipinski definition) is 1. The van der Waals surface area contributed by atoms with E-state index in [-0.39, 0.29) is 24.0 Å². The molecule has 0 radical (unpaired) electrons. The molecule has 0 amide bonds. The third-order valence-electron chi connectivity index (χ3n) is 5.98. The highest BCUT2D eigenvalue weighted by atomic mass is 127. The zero-order chi connectivity index (χ0) is 21.5. The van der Waals surface area contributed by atoms with E-state index in [0.717, 1.165) is 68.9 Å². The molecule has 2 aliphatic heterocycles. The molecule has 2 aromatic rings. The van der Waals surface area contributed by atoms with Crippen molar-refractivity contribution in [1.82, 2.24) is 15.2 Å². The summed E-state index contributed by atoms with van der Waals surface area (Å²) in [5, 5.41) is 3.46. The van der Waals surface area contributed by atoms with Gasteiger partial charge in [-0.2, -0.15) is 0 Å². The molecule has 7 nitrogen and oxygen atoms in total. The lowest BCUT2D eigenvalue weighted by Crippen LogP contribution is -2.52. The summed E-state index contributed by atoms with van der Waals surface area (Å²) in [6.45, 7) is 9.67. The molecule has 174 valence electrons. The Bertz CT molecular complexity index is 861. The number of nitrogens with one attached hydrogen (secondary N) is 1. The normalized spacial score (nSPS) is 16.7. The lowest BCUT2D eigenvalue weighted by Gasteiger charge is -2.37. The van der Waals surface area contributed by atoms with Crippen LogP contribution in [0.3, 0.4) is 0 Å². The minimum absolute atomic E-state index is 0. The molecule has 4 rings (SSSR count). The molecule has 0 atom stereocenters. The minimum Gasteiger partial charge on any atom is -0.497 e. The van der Waals surface area contributed by atoms with Crippen LogP contribution in [0.2, 0.25) is 0 Å². The van der Waals surface area contributed by atoms with Crippen molar-refractivity contribution >= 4 is 41.4 Å². The summed E-state index contributed by atoms with van der Waals surface area (Å²) < 4.78 is 5.37. The van der Waals surface area contributed by atoms with Gasteiger partial charge in [0.05, 0.1) is 13.7 Å². The van der Waals surface area contributed by atoms with Gasteiger partial charge in [-0.25, -0.2) is 9.98 Å². The van der Waals surface area contributed by atoms with Gasteiger partial charge in [-0.3, -0.25) is 0 Å². The number of hydrogen-bond acceptors (Lipinski definition) is 5. The molecular formula is C24H35IN6O. The smallest absolute Gasteiger partial charge is 0.194 e. The molecule has 2 saturated heterocycles. The van der Waals surface area contributed by atoms with Gasteiger partial charge in [0, 0.05) is 63.8 Å². The Kier molecular flexibility index (Phi) is 9.25. The van der Waals surface area contributed by atoms with Crippen LogP contribution in [0.5, 0.6) is 5.75 Å². The predicted molar refractivity (Wildman–Crippen MR) is 143 cm³/mol. The van der Waals surface area contributed by atoms with Crippen molar-refractivity contribution in [2.75, 3.05) is 62.7 Å². The maximum Gasteiger partial charge on any atom is 0.194 e. The van der Waals surface area contributed by atoms with E-state index in [0.29, 0.717) is 6.54 Å². The van der Waals surface area contributed by atoms with Gasteiger partial charge in [-0.1, -0.05) is 12.1 Å². The third-order valence-corrected chi connectivity index (χ3v) is 5.98. The molecule has 8 heteroatoms. The molecule has 2 aliphatic rings. The van der Waals surface area contributed by atoms with Gasteiger partial charge >= 0.3 is 0 Å². The molecule has 0 unspecified atom stereocenters. The molecule has 2 fully saturated rings. The fraction of sp³-hybridized carbons (Fsp3) is 0.500. The Labute approximate surface area is 208 Å². The zero-order valence-electron chi connectivity index (χ0n) is 19.2. The van der Waals surface area contributed by atoms with Crippen LogP contribution >= 0.6 is 24.0 Å². The van der Waals surface area contributed by atoms with Crippen LogP contribution in [0.1, 0.15) is 25.3 Å². The van der Waals surface area contributed by atoms with Gasteiger partial charge in [0.25, 0.3) is 0 Å². The highest BCUT2D eigenvalue weighted by molar-refractivity contribution is 14.0. The van der Waals surface area contributed by atoms with E-state index >= 15 is 0 Å². The van der Waals surface area contributed by atoms with E-state index in [2.05, 4.69) is 62.3 Å². The maximum atomic E-state index is 5.37. The number of rotatable bonds is 6. The van der Waals surface area contributed by atoms with Crippen LogP contribution in [-0.4, -0.2) is 68.8 Å². The Morgan fingerprint density at radius 1 is 1.03 bits per heavy atom. The van der Waals surface area contributed by atoms with E-state index in [1.807, 2.05) is 12.3 Å². The van der Waals surface area contributed by atoms with Gasteiger partial charge in [0.15, 0.2) is 5.96 Å². The van der Waals surface area contributed by atoms with Crippen molar-refractivity contribution in [3.05, 3.63) is 48.2 Å². The topological polar surface area (TPSA) is 56.2 Å². The lowest BCUT2D eigenvalue weighted by atomic mass is 10.2. The van der Waals surface area contributed by atoms with Crippen LogP contribution in [-0.2, 0) is 6.54 Å². The lowest BCUT2D eigenvalue weighted by molar-refractivity contribution is 0.372. The zero-order valence-corrected chi connectivity index (χ0v) is 21.5. The van der Waals surface area contributed by atoms with Gasteiger partial charge in [0.2, 0.25) is 0 Å². The number of nitrogens with zero attached hydrogens (tertiary/aromatic N) is 5. The minimum atomic E-state index is 0. The highest BCUT2D eigenvalue weighted by Crippen LogP contribution is 2.22. The standard InChI is InChI=1S/C24H34N6O.HI/c1-3-25-24(27-19-20-9-10-23(26-18-20)29-11-4-5-12-29)30-15-13-28(14-16-30)21-7-6-8-22(17-21)31-2;/h6-10,17-18H,3-5,11-16,19H2,1-2H3,(H,25,27);1H. The predicted octanol–water partition coefficient (Wildman–Crippen LogP) is 3.60. The Morgan fingerprint density at radius 2 is 1.81 bits per heavy atom. The third kappa shape index (κ3) is 6.17. The molecule has 0 bridgehead atoms. The number of methoxy groups -OCH3 is 1. The van der Waals surface area contributed by atoms with Crippen molar-refractivity contribution in [2.45, 2.75) is 26.3 Å². The Hall–Kier alpha value is -2.23. The van der Waals surface area contributed by atoms with Crippen molar-refractivity contribution in [3.63, 3.8) is 0 Å². The second-order valence-corrected chi connectivity index (χ2v) is 8.06. The summed E-state index contributed by atoms with van der Waals surface area (Å²) in [4.78, 5) is 16.7. The SMILES string of the molecule is CCNC(=NCc1ccc(N2CCCC2)nc1)N1CCN(c2cccc(OC)c2)CC1.I. The average Bonchev–Trinajstić information content (AvgIpc) is 3.37. The van der Waals surface area contributed by atoms with Crippen LogP contribution in [0, 0.1) is 0 Å². The molecule has 0 aliphatic carbocycles. The number of aliphatic imine (C=N–C) groups is 1. The largest absolute Gasteiger partial charge is 0.497 e. The maximum absolute atomic E-state index is 5.37. The Morgan fingerprint density at radius 3 is 2.47 bits per heavy atom. The summed E-state index contributed by atoms with van der Waals surface area (Å²) >= 11 is 0. The molecule has 32 heavy (non-hydrogen) atoms. The number of aromatic nitrogens is 1. The molecule has 0 saturated carbocycles. The summed E-state index contributed by atoms with van der Waals surface area (Å²) in [6, 6.07) is 12.6. The van der Waals surface area contributed by atoms with Crippen LogP contribution in [0.25, 0.3) is 0 Å². The number of halogens is 1. The first kappa shape index (κ1) is 24.4. The number of guanidine groups is 1. The van der Waals surface area contributed by atoms with Gasteiger partial charge in [-0.05, 0) is 43.5 Å². The monoisotopic (exact) mass is 550 g/mol. The molecule has 1 aromatic carbocycles. The van der Waals surface area contributed by atoms with Crippen LogP contribution in [0.15, 0.2) is 47.6 Å². The van der Waals surface area contributed by atoms with E-state index in [9.17, 15) is 0 Å². The van der Waals surface area contributed by atoms with Gasteiger partial charge in [-0.15, -0.1) is 24.0 Å². The first-order chi connectivity index (χ1) is 15.3. The quantitative estimate of drug-likeness (QED) is 0.337. The Balaban J connectivity index is 0.00000289. The van der Waals surface area contributed by atoms with Crippen LogP contribution in [0.4, 0.5) is 11.5 Å². The van der Waals surface area contributed by atoms with Gasteiger partial charge in [0.1, 0.15) is 11.6 Å². The number of pyridine rings is 1. The first-order valence-electron chi connectivity index (χ1n) is 11.4. The molecule has 3 heterocycles.